The van der Waals surface area contributed by atoms with Gasteiger partial charge in [0.1, 0.15) is 5.69 Å². The SMILES string of the molecule is COCc1c(N)c(=O)n(C)n1C. The fourth-order valence-corrected chi connectivity index (χ4v) is 1.10. The molecule has 0 bridgehead atoms. The van der Waals surface area contributed by atoms with E-state index in [1.54, 1.807) is 25.9 Å². The standard InChI is InChI=1S/C7H13N3O2/c1-9-5(4-12-3)6(8)7(11)10(9)2/h4,8H2,1-3H3. The Labute approximate surface area is 70.3 Å². The highest BCUT2D eigenvalue weighted by Crippen LogP contribution is 2.06. The fraction of sp³-hybridized carbons (Fsp3) is 0.571. The number of anilines is 1. The lowest BCUT2D eigenvalue weighted by atomic mass is 10.4. The highest BCUT2D eigenvalue weighted by Gasteiger charge is 2.11. The van der Waals surface area contributed by atoms with Crippen molar-refractivity contribution in [3.63, 3.8) is 0 Å². The van der Waals surface area contributed by atoms with Gasteiger partial charge >= 0.3 is 0 Å². The van der Waals surface area contributed by atoms with Gasteiger partial charge in [0.25, 0.3) is 5.56 Å². The smallest absolute Gasteiger partial charge is 0.289 e. The van der Waals surface area contributed by atoms with Crippen LogP contribution in [0.1, 0.15) is 5.69 Å². The Morgan fingerprint density at radius 1 is 1.42 bits per heavy atom. The van der Waals surface area contributed by atoms with Crippen molar-refractivity contribution in [1.82, 2.24) is 9.36 Å². The van der Waals surface area contributed by atoms with Crippen LogP contribution in [0.5, 0.6) is 0 Å². The maximum Gasteiger partial charge on any atom is 0.289 e. The van der Waals surface area contributed by atoms with Gasteiger partial charge in [-0.25, -0.2) is 0 Å². The van der Waals surface area contributed by atoms with Crippen molar-refractivity contribution in [3.05, 3.63) is 16.0 Å². The van der Waals surface area contributed by atoms with Gasteiger partial charge in [-0.3, -0.25) is 14.2 Å². The minimum Gasteiger partial charge on any atom is -0.393 e. The van der Waals surface area contributed by atoms with Gasteiger partial charge in [0.15, 0.2) is 0 Å². The third-order valence-electron chi connectivity index (χ3n) is 1.96. The van der Waals surface area contributed by atoms with Gasteiger partial charge in [-0.15, -0.1) is 0 Å². The maximum absolute atomic E-state index is 11.2. The highest BCUT2D eigenvalue weighted by atomic mass is 16.5. The summed E-state index contributed by atoms with van der Waals surface area (Å²) >= 11 is 0. The van der Waals surface area contributed by atoms with Gasteiger partial charge in [-0.1, -0.05) is 0 Å². The zero-order valence-electron chi connectivity index (χ0n) is 7.50. The van der Waals surface area contributed by atoms with Gasteiger partial charge in [0.2, 0.25) is 0 Å². The number of nitrogens with zero attached hydrogens (tertiary/aromatic N) is 2. The summed E-state index contributed by atoms with van der Waals surface area (Å²) in [7, 11) is 5.00. The van der Waals surface area contributed by atoms with Gasteiger partial charge in [0, 0.05) is 21.2 Å². The molecule has 5 nitrogen and oxygen atoms in total. The Kier molecular flexibility index (Phi) is 2.23. The van der Waals surface area contributed by atoms with E-state index in [2.05, 4.69) is 0 Å². The van der Waals surface area contributed by atoms with E-state index in [0.29, 0.717) is 12.3 Å². The molecule has 5 heteroatoms. The lowest BCUT2D eigenvalue weighted by Gasteiger charge is -2.03. The molecule has 0 spiro atoms. The largest absolute Gasteiger partial charge is 0.393 e. The summed E-state index contributed by atoms with van der Waals surface area (Å²) in [4.78, 5) is 11.2. The molecule has 0 atom stereocenters. The Morgan fingerprint density at radius 2 is 2.00 bits per heavy atom. The summed E-state index contributed by atoms with van der Waals surface area (Å²) < 4.78 is 8.03. The average molecular weight is 171 g/mol. The Morgan fingerprint density at radius 3 is 2.33 bits per heavy atom. The van der Waals surface area contributed by atoms with Crippen molar-refractivity contribution in [3.8, 4) is 0 Å². The van der Waals surface area contributed by atoms with Crippen LogP contribution in [-0.4, -0.2) is 16.5 Å². The lowest BCUT2D eigenvalue weighted by molar-refractivity contribution is 0.177. The van der Waals surface area contributed by atoms with Crippen LogP contribution in [0.15, 0.2) is 4.79 Å². The molecule has 0 aliphatic heterocycles. The molecular weight excluding hydrogens is 158 g/mol. The molecule has 1 aromatic heterocycles. The Balaban J connectivity index is 3.28. The molecule has 0 aromatic carbocycles. The predicted octanol–water partition coefficient (Wildman–Crippen LogP) is -0.548. The van der Waals surface area contributed by atoms with Crippen molar-refractivity contribution in [2.75, 3.05) is 12.8 Å². The minimum atomic E-state index is -0.176. The first kappa shape index (κ1) is 8.86. The van der Waals surface area contributed by atoms with Crippen LogP contribution in [0.3, 0.4) is 0 Å². The van der Waals surface area contributed by atoms with Crippen molar-refractivity contribution < 1.29 is 4.74 Å². The molecule has 0 aliphatic rings. The molecule has 0 aliphatic carbocycles. The van der Waals surface area contributed by atoms with E-state index in [9.17, 15) is 4.79 Å². The first-order chi connectivity index (χ1) is 5.59. The average Bonchev–Trinajstić information content (AvgIpc) is 2.23. The summed E-state index contributed by atoms with van der Waals surface area (Å²) in [6.07, 6.45) is 0. The van der Waals surface area contributed by atoms with Crippen LogP contribution in [0.25, 0.3) is 0 Å². The molecule has 0 saturated heterocycles. The van der Waals surface area contributed by atoms with E-state index in [0.717, 1.165) is 0 Å². The third kappa shape index (κ3) is 1.12. The van der Waals surface area contributed by atoms with Crippen LogP contribution < -0.4 is 11.3 Å². The maximum atomic E-state index is 11.2. The van der Waals surface area contributed by atoms with Crippen molar-refractivity contribution in [2.24, 2.45) is 14.1 Å². The monoisotopic (exact) mass is 171 g/mol. The van der Waals surface area contributed by atoms with Gasteiger partial charge in [0.05, 0.1) is 12.3 Å². The van der Waals surface area contributed by atoms with E-state index in [1.165, 1.54) is 4.68 Å². The number of rotatable bonds is 2. The van der Waals surface area contributed by atoms with E-state index in [1.807, 2.05) is 0 Å². The fourth-order valence-electron chi connectivity index (χ4n) is 1.10. The van der Waals surface area contributed by atoms with E-state index in [4.69, 9.17) is 10.5 Å². The normalized spacial score (nSPS) is 10.6. The second-order valence-corrected chi connectivity index (χ2v) is 2.65. The van der Waals surface area contributed by atoms with E-state index < -0.39 is 0 Å². The second-order valence-electron chi connectivity index (χ2n) is 2.65. The Hall–Kier alpha value is -1.23. The summed E-state index contributed by atoms with van der Waals surface area (Å²) in [6, 6.07) is 0. The molecule has 0 fully saturated rings. The number of aromatic nitrogens is 2. The number of methoxy groups -OCH3 is 1. The summed E-state index contributed by atoms with van der Waals surface area (Å²) in [5.74, 6) is 0. The topological polar surface area (TPSA) is 62.2 Å². The summed E-state index contributed by atoms with van der Waals surface area (Å²) in [5, 5.41) is 0. The molecule has 0 radical (unpaired) electrons. The number of hydrogen-bond donors (Lipinski definition) is 1. The van der Waals surface area contributed by atoms with Crippen LogP contribution in [0.2, 0.25) is 0 Å². The lowest BCUT2D eigenvalue weighted by Crippen LogP contribution is -2.18. The highest BCUT2D eigenvalue weighted by molar-refractivity contribution is 5.40. The second kappa shape index (κ2) is 3.02. The quantitative estimate of drug-likeness (QED) is 0.649. The van der Waals surface area contributed by atoms with Crippen molar-refractivity contribution in [1.29, 1.82) is 0 Å². The minimum absolute atomic E-state index is 0.176. The molecule has 68 valence electrons. The van der Waals surface area contributed by atoms with Crippen LogP contribution >= 0.6 is 0 Å². The zero-order valence-corrected chi connectivity index (χ0v) is 7.50. The molecule has 1 heterocycles. The zero-order chi connectivity index (χ0) is 9.30. The number of nitrogens with two attached hydrogens (primary N) is 1. The van der Waals surface area contributed by atoms with Crippen molar-refractivity contribution >= 4 is 5.69 Å². The van der Waals surface area contributed by atoms with E-state index >= 15 is 0 Å². The molecule has 0 saturated carbocycles. The van der Waals surface area contributed by atoms with Gasteiger partial charge in [-0.05, 0) is 0 Å². The van der Waals surface area contributed by atoms with Gasteiger partial charge < -0.3 is 10.5 Å². The van der Waals surface area contributed by atoms with Crippen molar-refractivity contribution in [2.45, 2.75) is 6.61 Å². The summed E-state index contributed by atoms with van der Waals surface area (Å²) in [6.45, 7) is 0.360. The van der Waals surface area contributed by atoms with Gasteiger partial charge in [-0.2, -0.15) is 0 Å². The predicted molar refractivity (Wildman–Crippen MR) is 45.8 cm³/mol. The first-order valence-corrected chi connectivity index (χ1v) is 3.58. The molecule has 12 heavy (non-hydrogen) atoms. The number of nitrogen functional groups attached to an aromatic ring is 1. The Bertz CT molecular complexity index is 337. The number of ether oxygens (including phenoxy) is 1. The molecular formula is C7H13N3O2. The molecule has 1 rings (SSSR count). The summed E-state index contributed by atoms with van der Waals surface area (Å²) in [5.41, 5.74) is 6.36. The number of hydrogen-bond acceptors (Lipinski definition) is 3. The third-order valence-corrected chi connectivity index (χ3v) is 1.96. The molecule has 2 N–H and O–H groups in total. The van der Waals surface area contributed by atoms with Crippen LogP contribution in [0.4, 0.5) is 5.69 Å². The molecule has 0 unspecified atom stereocenters. The van der Waals surface area contributed by atoms with E-state index in [-0.39, 0.29) is 11.2 Å². The first-order valence-electron chi connectivity index (χ1n) is 3.58. The van der Waals surface area contributed by atoms with Crippen LogP contribution in [0, 0.1) is 0 Å². The van der Waals surface area contributed by atoms with Crippen LogP contribution in [-0.2, 0) is 25.4 Å². The molecule has 0 amide bonds. The molecule has 1 aromatic rings.